The maximum absolute atomic E-state index is 5.88. The second kappa shape index (κ2) is 5.12. The van der Waals surface area contributed by atoms with Gasteiger partial charge in [-0.15, -0.1) is 0 Å². The van der Waals surface area contributed by atoms with Crippen molar-refractivity contribution < 1.29 is 0 Å². The molecule has 3 N–H and O–H groups in total. The second-order valence-electron chi connectivity index (χ2n) is 3.43. The molecule has 0 atom stereocenters. The largest absolute Gasteiger partial charge is 0.389 e. The lowest BCUT2D eigenvalue weighted by Gasteiger charge is -2.06. The van der Waals surface area contributed by atoms with E-state index in [9.17, 15) is 0 Å². The Balaban J connectivity index is 2.16. The van der Waals surface area contributed by atoms with E-state index in [1.165, 1.54) is 0 Å². The van der Waals surface area contributed by atoms with Crippen LogP contribution < -0.4 is 11.1 Å². The Labute approximate surface area is 110 Å². The first-order chi connectivity index (χ1) is 8.15. The predicted octanol–water partition coefficient (Wildman–Crippen LogP) is 3.11. The van der Waals surface area contributed by atoms with Gasteiger partial charge in [-0.3, -0.25) is 0 Å². The van der Waals surface area contributed by atoms with Gasteiger partial charge < -0.3 is 11.1 Å². The number of halogens is 1. The zero-order valence-electron chi connectivity index (χ0n) is 8.85. The summed E-state index contributed by atoms with van der Waals surface area (Å²) in [5.41, 5.74) is 7.12. The SMILES string of the molecule is NC(=S)c1ccc(Nc2cccc(Cl)c2)nc1. The second-order valence-corrected chi connectivity index (χ2v) is 4.31. The number of hydrogen-bond acceptors (Lipinski definition) is 3. The standard InChI is InChI=1S/C12H10ClN3S/c13-9-2-1-3-10(6-9)16-11-5-4-8(7-15-11)12(14)17/h1-7H,(H2,14,17)(H,15,16). The molecule has 0 aliphatic heterocycles. The van der Waals surface area contributed by atoms with Crippen LogP contribution in [-0.2, 0) is 0 Å². The summed E-state index contributed by atoms with van der Waals surface area (Å²) in [6.07, 6.45) is 1.63. The molecule has 1 aromatic carbocycles. The van der Waals surface area contributed by atoms with Crippen molar-refractivity contribution in [3.63, 3.8) is 0 Å². The summed E-state index contributed by atoms with van der Waals surface area (Å²) in [6.45, 7) is 0. The fourth-order valence-corrected chi connectivity index (χ4v) is 1.64. The fraction of sp³-hybridized carbons (Fsp3) is 0. The number of benzene rings is 1. The van der Waals surface area contributed by atoms with E-state index < -0.39 is 0 Å². The van der Waals surface area contributed by atoms with Crippen LogP contribution in [0, 0.1) is 0 Å². The van der Waals surface area contributed by atoms with Gasteiger partial charge in [0, 0.05) is 22.5 Å². The Morgan fingerprint density at radius 3 is 2.71 bits per heavy atom. The number of hydrogen-bond donors (Lipinski definition) is 2. The molecule has 2 rings (SSSR count). The van der Waals surface area contributed by atoms with Crippen LogP contribution in [0.15, 0.2) is 42.6 Å². The van der Waals surface area contributed by atoms with Crippen molar-refractivity contribution in [1.82, 2.24) is 4.98 Å². The number of aromatic nitrogens is 1. The van der Waals surface area contributed by atoms with Crippen LogP contribution in [0.25, 0.3) is 0 Å². The number of anilines is 2. The van der Waals surface area contributed by atoms with E-state index in [2.05, 4.69) is 10.3 Å². The number of thiocarbonyl (C=S) groups is 1. The van der Waals surface area contributed by atoms with E-state index in [0.717, 1.165) is 11.3 Å². The van der Waals surface area contributed by atoms with Crippen LogP contribution in [0.1, 0.15) is 5.56 Å². The van der Waals surface area contributed by atoms with Crippen molar-refractivity contribution in [3.8, 4) is 0 Å². The maximum Gasteiger partial charge on any atom is 0.130 e. The van der Waals surface area contributed by atoms with Gasteiger partial charge in [-0.25, -0.2) is 4.98 Å². The minimum atomic E-state index is 0.340. The van der Waals surface area contributed by atoms with Crippen LogP contribution in [-0.4, -0.2) is 9.97 Å². The molecule has 0 saturated heterocycles. The number of nitrogens with zero attached hydrogens (tertiary/aromatic N) is 1. The molecular formula is C12H10ClN3S. The Morgan fingerprint density at radius 1 is 1.29 bits per heavy atom. The molecule has 0 saturated carbocycles. The normalized spacial score (nSPS) is 9.94. The van der Waals surface area contributed by atoms with Gasteiger partial charge in [0.2, 0.25) is 0 Å². The Kier molecular flexibility index (Phi) is 3.56. The molecule has 0 unspecified atom stereocenters. The van der Waals surface area contributed by atoms with Crippen molar-refractivity contribution in [2.75, 3.05) is 5.32 Å². The number of pyridine rings is 1. The van der Waals surface area contributed by atoms with Crippen molar-refractivity contribution in [1.29, 1.82) is 0 Å². The van der Waals surface area contributed by atoms with E-state index in [0.29, 0.717) is 15.8 Å². The first-order valence-electron chi connectivity index (χ1n) is 4.93. The summed E-state index contributed by atoms with van der Waals surface area (Å²) in [5, 5.41) is 3.81. The summed E-state index contributed by atoms with van der Waals surface area (Å²) in [7, 11) is 0. The molecule has 5 heteroatoms. The van der Waals surface area contributed by atoms with Gasteiger partial charge in [0.15, 0.2) is 0 Å². The van der Waals surface area contributed by atoms with E-state index in [-0.39, 0.29) is 0 Å². The summed E-state index contributed by atoms with van der Waals surface area (Å²) in [5.74, 6) is 0.715. The average Bonchev–Trinajstić information content (AvgIpc) is 2.29. The van der Waals surface area contributed by atoms with E-state index in [1.807, 2.05) is 36.4 Å². The molecule has 0 aliphatic rings. The molecule has 0 spiro atoms. The van der Waals surface area contributed by atoms with Gasteiger partial charge in [-0.2, -0.15) is 0 Å². The fourth-order valence-electron chi connectivity index (χ4n) is 1.33. The molecule has 0 fully saturated rings. The van der Waals surface area contributed by atoms with Crippen molar-refractivity contribution in [2.24, 2.45) is 5.73 Å². The van der Waals surface area contributed by atoms with Gasteiger partial charge in [0.25, 0.3) is 0 Å². The van der Waals surface area contributed by atoms with Gasteiger partial charge in [-0.1, -0.05) is 29.9 Å². The molecular weight excluding hydrogens is 254 g/mol. The molecule has 0 bridgehead atoms. The van der Waals surface area contributed by atoms with Crippen LogP contribution in [0.3, 0.4) is 0 Å². The molecule has 86 valence electrons. The molecule has 3 nitrogen and oxygen atoms in total. The zero-order chi connectivity index (χ0) is 12.3. The highest BCUT2D eigenvalue weighted by Crippen LogP contribution is 2.18. The average molecular weight is 264 g/mol. The molecule has 0 aliphatic carbocycles. The van der Waals surface area contributed by atoms with Crippen molar-refractivity contribution in [2.45, 2.75) is 0 Å². The summed E-state index contributed by atoms with van der Waals surface area (Å²) in [4.78, 5) is 4.54. The summed E-state index contributed by atoms with van der Waals surface area (Å²) in [6, 6.07) is 11.1. The highest BCUT2D eigenvalue weighted by atomic mass is 35.5. The van der Waals surface area contributed by atoms with Gasteiger partial charge in [-0.05, 0) is 30.3 Å². The Bertz CT molecular complexity index is 540. The van der Waals surface area contributed by atoms with Crippen LogP contribution in [0.2, 0.25) is 5.02 Å². The third kappa shape index (κ3) is 3.15. The van der Waals surface area contributed by atoms with Crippen LogP contribution in [0.5, 0.6) is 0 Å². The van der Waals surface area contributed by atoms with Crippen LogP contribution in [0.4, 0.5) is 11.5 Å². The molecule has 17 heavy (non-hydrogen) atoms. The first-order valence-corrected chi connectivity index (χ1v) is 5.72. The predicted molar refractivity (Wildman–Crippen MR) is 74.9 cm³/mol. The summed E-state index contributed by atoms with van der Waals surface area (Å²) >= 11 is 10.7. The monoisotopic (exact) mass is 263 g/mol. The van der Waals surface area contributed by atoms with E-state index in [1.54, 1.807) is 6.20 Å². The zero-order valence-corrected chi connectivity index (χ0v) is 10.4. The lowest BCUT2D eigenvalue weighted by Crippen LogP contribution is -2.09. The number of nitrogens with one attached hydrogen (secondary N) is 1. The van der Waals surface area contributed by atoms with Gasteiger partial charge in [0.05, 0.1) is 0 Å². The Morgan fingerprint density at radius 2 is 2.12 bits per heavy atom. The third-order valence-electron chi connectivity index (χ3n) is 2.15. The topological polar surface area (TPSA) is 50.9 Å². The third-order valence-corrected chi connectivity index (χ3v) is 2.62. The first kappa shape index (κ1) is 11.8. The highest BCUT2D eigenvalue weighted by Gasteiger charge is 1.99. The summed E-state index contributed by atoms with van der Waals surface area (Å²) < 4.78 is 0. The number of nitrogens with two attached hydrogens (primary N) is 1. The number of rotatable bonds is 3. The smallest absolute Gasteiger partial charge is 0.130 e. The lowest BCUT2D eigenvalue weighted by molar-refractivity contribution is 1.30. The quantitative estimate of drug-likeness (QED) is 0.836. The molecule has 0 radical (unpaired) electrons. The van der Waals surface area contributed by atoms with Crippen molar-refractivity contribution in [3.05, 3.63) is 53.2 Å². The molecule has 1 aromatic heterocycles. The minimum absolute atomic E-state index is 0.340. The van der Waals surface area contributed by atoms with Gasteiger partial charge in [0.1, 0.15) is 10.8 Å². The Hall–Kier alpha value is -1.65. The molecule has 2 aromatic rings. The lowest BCUT2D eigenvalue weighted by atomic mass is 10.3. The maximum atomic E-state index is 5.88. The highest BCUT2D eigenvalue weighted by molar-refractivity contribution is 7.80. The van der Waals surface area contributed by atoms with Gasteiger partial charge >= 0.3 is 0 Å². The van der Waals surface area contributed by atoms with E-state index >= 15 is 0 Å². The molecule has 1 heterocycles. The minimum Gasteiger partial charge on any atom is -0.389 e. The van der Waals surface area contributed by atoms with Crippen molar-refractivity contribution >= 4 is 40.3 Å². The van der Waals surface area contributed by atoms with Crippen LogP contribution >= 0.6 is 23.8 Å². The molecule has 0 amide bonds. The van der Waals surface area contributed by atoms with E-state index in [4.69, 9.17) is 29.6 Å².